The van der Waals surface area contributed by atoms with Gasteiger partial charge in [0, 0.05) is 10.0 Å². The van der Waals surface area contributed by atoms with E-state index in [1.165, 1.54) is 6.07 Å². The van der Waals surface area contributed by atoms with Crippen LogP contribution in [0.15, 0.2) is 40.9 Å². The Bertz CT molecular complexity index is 597. The summed E-state index contributed by atoms with van der Waals surface area (Å²) in [5.74, 6) is 5.37. The number of nitrogens with one attached hydrogen (secondary N) is 1. The third-order valence-electron chi connectivity index (χ3n) is 3.39. The molecule has 0 aliphatic heterocycles. The lowest BCUT2D eigenvalue weighted by Crippen LogP contribution is -2.30. The Labute approximate surface area is 120 Å². The van der Waals surface area contributed by atoms with Gasteiger partial charge in [0.25, 0.3) is 0 Å². The predicted octanol–water partition coefficient (Wildman–Crippen LogP) is 3.76. The van der Waals surface area contributed by atoms with Crippen molar-refractivity contribution in [1.82, 2.24) is 5.43 Å². The standard InChI is InChI=1S/C15H16BrFN2/c1-9-4-3-5-12(10(9)2)15(19-18)13-8-11(16)6-7-14(13)17/h3-8,15,19H,18H2,1-2H3. The van der Waals surface area contributed by atoms with Crippen molar-refractivity contribution in [2.45, 2.75) is 19.9 Å². The van der Waals surface area contributed by atoms with E-state index in [2.05, 4.69) is 21.4 Å². The predicted molar refractivity (Wildman–Crippen MR) is 79.2 cm³/mol. The number of hydrogen-bond acceptors (Lipinski definition) is 2. The van der Waals surface area contributed by atoms with Gasteiger partial charge in [0.05, 0.1) is 6.04 Å². The van der Waals surface area contributed by atoms with Crippen molar-refractivity contribution in [3.63, 3.8) is 0 Å². The van der Waals surface area contributed by atoms with Gasteiger partial charge in [-0.3, -0.25) is 5.84 Å². The fraction of sp³-hybridized carbons (Fsp3) is 0.200. The summed E-state index contributed by atoms with van der Waals surface area (Å²) in [5.41, 5.74) is 6.50. The number of halogens is 2. The van der Waals surface area contributed by atoms with E-state index in [-0.39, 0.29) is 11.9 Å². The molecule has 100 valence electrons. The molecule has 0 aliphatic rings. The Morgan fingerprint density at radius 3 is 2.58 bits per heavy atom. The van der Waals surface area contributed by atoms with Gasteiger partial charge in [-0.15, -0.1) is 0 Å². The average Bonchev–Trinajstić information content (AvgIpc) is 2.39. The Morgan fingerprint density at radius 2 is 1.89 bits per heavy atom. The first-order valence-electron chi connectivity index (χ1n) is 6.01. The topological polar surface area (TPSA) is 38.0 Å². The van der Waals surface area contributed by atoms with Gasteiger partial charge in [0.2, 0.25) is 0 Å². The van der Waals surface area contributed by atoms with Gasteiger partial charge in [0.15, 0.2) is 0 Å². The number of hydrogen-bond donors (Lipinski definition) is 2. The average molecular weight is 323 g/mol. The number of nitrogens with two attached hydrogens (primary N) is 1. The highest BCUT2D eigenvalue weighted by Crippen LogP contribution is 2.29. The van der Waals surface area contributed by atoms with E-state index in [0.717, 1.165) is 21.2 Å². The first-order chi connectivity index (χ1) is 9.04. The molecule has 1 unspecified atom stereocenters. The first-order valence-corrected chi connectivity index (χ1v) is 6.81. The third kappa shape index (κ3) is 2.86. The number of hydrazine groups is 1. The van der Waals surface area contributed by atoms with Crippen LogP contribution in [0.1, 0.15) is 28.3 Å². The summed E-state index contributed by atoms with van der Waals surface area (Å²) in [7, 11) is 0. The van der Waals surface area contributed by atoms with Crippen LogP contribution in [0.5, 0.6) is 0 Å². The minimum atomic E-state index is -0.364. The zero-order valence-corrected chi connectivity index (χ0v) is 12.5. The van der Waals surface area contributed by atoms with E-state index in [9.17, 15) is 4.39 Å². The lowest BCUT2D eigenvalue weighted by molar-refractivity contribution is 0.558. The molecule has 0 heterocycles. The molecule has 2 nitrogen and oxygen atoms in total. The Morgan fingerprint density at radius 1 is 1.16 bits per heavy atom. The molecule has 0 radical (unpaired) electrons. The van der Waals surface area contributed by atoms with Crippen LogP contribution in [-0.4, -0.2) is 0 Å². The van der Waals surface area contributed by atoms with Gasteiger partial charge in [-0.25, -0.2) is 9.82 Å². The molecular formula is C15H16BrFN2. The molecule has 2 aromatic carbocycles. The maximum Gasteiger partial charge on any atom is 0.128 e. The van der Waals surface area contributed by atoms with Gasteiger partial charge in [0.1, 0.15) is 5.82 Å². The number of aryl methyl sites for hydroxylation is 1. The fourth-order valence-electron chi connectivity index (χ4n) is 2.17. The van der Waals surface area contributed by atoms with Crippen LogP contribution in [0.3, 0.4) is 0 Å². The third-order valence-corrected chi connectivity index (χ3v) is 3.89. The molecule has 0 fully saturated rings. The summed E-state index contributed by atoms with van der Waals surface area (Å²) in [6.45, 7) is 4.05. The highest BCUT2D eigenvalue weighted by molar-refractivity contribution is 9.10. The Kier molecular flexibility index (Phi) is 4.34. The van der Waals surface area contributed by atoms with Gasteiger partial charge >= 0.3 is 0 Å². The van der Waals surface area contributed by atoms with E-state index in [1.54, 1.807) is 12.1 Å². The SMILES string of the molecule is Cc1cccc(C(NN)c2cc(Br)ccc2F)c1C. The summed E-state index contributed by atoms with van der Waals surface area (Å²) in [6, 6.07) is 10.5. The minimum Gasteiger partial charge on any atom is -0.271 e. The van der Waals surface area contributed by atoms with Gasteiger partial charge in [-0.2, -0.15) is 0 Å². The van der Waals surface area contributed by atoms with Gasteiger partial charge in [-0.1, -0.05) is 34.1 Å². The van der Waals surface area contributed by atoms with E-state index < -0.39 is 0 Å². The van der Waals surface area contributed by atoms with Crippen LogP contribution in [0, 0.1) is 19.7 Å². The molecule has 0 saturated carbocycles. The second-order valence-corrected chi connectivity index (χ2v) is 5.47. The van der Waals surface area contributed by atoms with Crippen LogP contribution in [0.25, 0.3) is 0 Å². The normalized spacial score (nSPS) is 12.5. The van der Waals surface area contributed by atoms with Crippen molar-refractivity contribution in [2.75, 3.05) is 0 Å². The molecule has 0 aromatic heterocycles. The molecule has 19 heavy (non-hydrogen) atoms. The summed E-state index contributed by atoms with van der Waals surface area (Å²) >= 11 is 3.36. The summed E-state index contributed by atoms with van der Waals surface area (Å²) in [4.78, 5) is 0. The highest BCUT2D eigenvalue weighted by atomic mass is 79.9. The smallest absolute Gasteiger partial charge is 0.128 e. The van der Waals surface area contributed by atoms with Crippen LogP contribution in [-0.2, 0) is 0 Å². The van der Waals surface area contributed by atoms with Crippen molar-refractivity contribution in [2.24, 2.45) is 5.84 Å². The zero-order valence-electron chi connectivity index (χ0n) is 10.9. The molecule has 2 rings (SSSR count). The van der Waals surface area contributed by atoms with Crippen molar-refractivity contribution >= 4 is 15.9 Å². The van der Waals surface area contributed by atoms with Crippen LogP contribution >= 0.6 is 15.9 Å². The summed E-state index contributed by atoms with van der Waals surface area (Å²) < 4.78 is 14.8. The van der Waals surface area contributed by atoms with E-state index in [0.29, 0.717) is 5.56 Å². The molecular weight excluding hydrogens is 307 g/mol. The second kappa shape index (κ2) is 5.82. The number of benzene rings is 2. The summed E-state index contributed by atoms with van der Waals surface area (Å²) in [6.07, 6.45) is 0. The maximum atomic E-state index is 14.0. The van der Waals surface area contributed by atoms with E-state index >= 15 is 0 Å². The highest BCUT2D eigenvalue weighted by Gasteiger charge is 2.19. The molecule has 1 atom stereocenters. The Hall–Kier alpha value is -1.23. The largest absolute Gasteiger partial charge is 0.271 e. The first kappa shape index (κ1) is 14.2. The minimum absolute atomic E-state index is 0.271. The Balaban J connectivity index is 2.56. The molecule has 0 spiro atoms. The van der Waals surface area contributed by atoms with Crippen LogP contribution in [0.4, 0.5) is 4.39 Å². The molecule has 0 saturated heterocycles. The number of rotatable bonds is 3. The maximum absolute atomic E-state index is 14.0. The van der Waals surface area contributed by atoms with E-state index in [4.69, 9.17) is 5.84 Å². The molecule has 3 N–H and O–H groups in total. The second-order valence-electron chi connectivity index (χ2n) is 4.55. The lowest BCUT2D eigenvalue weighted by atomic mass is 9.93. The molecule has 0 aliphatic carbocycles. The van der Waals surface area contributed by atoms with Gasteiger partial charge in [-0.05, 0) is 48.7 Å². The molecule has 0 bridgehead atoms. The quantitative estimate of drug-likeness (QED) is 0.667. The van der Waals surface area contributed by atoms with Crippen molar-refractivity contribution in [1.29, 1.82) is 0 Å². The van der Waals surface area contributed by atoms with Crippen molar-refractivity contribution in [3.8, 4) is 0 Å². The van der Waals surface area contributed by atoms with E-state index in [1.807, 2.05) is 32.0 Å². The van der Waals surface area contributed by atoms with Crippen LogP contribution < -0.4 is 11.3 Å². The molecule has 0 amide bonds. The molecule has 4 heteroatoms. The van der Waals surface area contributed by atoms with Crippen molar-refractivity contribution < 1.29 is 4.39 Å². The van der Waals surface area contributed by atoms with Crippen molar-refractivity contribution in [3.05, 3.63) is 68.9 Å². The monoisotopic (exact) mass is 322 g/mol. The summed E-state index contributed by atoms with van der Waals surface area (Å²) in [5, 5.41) is 0. The molecule has 2 aromatic rings. The zero-order chi connectivity index (χ0) is 14.0. The van der Waals surface area contributed by atoms with Gasteiger partial charge < -0.3 is 0 Å². The fourth-order valence-corrected chi connectivity index (χ4v) is 2.55. The lowest BCUT2D eigenvalue weighted by Gasteiger charge is -2.21. The van der Waals surface area contributed by atoms with Crippen LogP contribution in [0.2, 0.25) is 0 Å².